The number of aliphatic imine (C=N–C) groups is 1. The van der Waals surface area contributed by atoms with Crippen LogP contribution in [0.3, 0.4) is 0 Å². The third kappa shape index (κ3) is 5.95. The van der Waals surface area contributed by atoms with E-state index < -0.39 is 0 Å². The number of halogens is 1. The van der Waals surface area contributed by atoms with E-state index in [1.165, 1.54) is 11.1 Å². The summed E-state index contributed by atoms with van der Waals surface area (Å²) in [5.41, 5.74) is 4.64. The van der Waals surface area contributed by atoms with Crippen LogP contribution in [0.5, 0.6) is 0 Å². The number of imidazole rings is 1. The van der Waals surface area contributed by atoms with E-state index in [0.29, 0.717) is 12.6 Å². The first-order valence-electron chi connectivity index (χ1n) is 10.4. The molecular weight excluding hydrogens is 489 g/mol. The molecule has 0 bridgehead atoms. The molecule has 1 unspecified atom stereocenters. The van der Waals surface area contributed by atoms with Crippen molar-refractivity contribution in [1.82, 2.24) is 20.2 Å². The zero-order valence-corrected chi connectivity index (χ0v) is 19.7. The van der Waals surface area contributed by atoms with Gasteiger partial charge in [0.05, 0.1) is 30.0 Å². The molecule has 0 aliphatic carbocycles. The number of benzene rings is 2. The first-order valence-corrected chi connectivity index (χ1v) is 10.4. The Hall–Kier alpha value is -2.13. The Kier molecular flexibility index (Phi) is 8.50. The Labute approximate surface area is 195 Å². The van der Waals surface area contributed by atoms with Gasteiger partial charge < -0.3 is 19.9 Å². The molecule has 2 heterocycles. The number of ether oxygens (including phenoxy) is 1. The van der Waals surface area contributed by atoms with Gasteiger partial charge in [0, 0.05) is 26.2 Å². The minimum atomic E-state index is 0. The van der Waals surface area contributed by atoms with Gasteiger partial charge in [-0.05, 0) is 43.0 Å². The quantitative estimate of drug-likeness (QED) is 0.282. The first-order chi connectivity index (χ1) is 14.3. The van der Waals surface area contributed by atoms with E-state index in [0.717, 1.165) is 56.1 Å². The molecule has 1 aliphatic rings. The molecule has 30 heavy (non-hydrogen) atoms. The van der Waals surface area contributed by atoms with E-state index in [-0.39, 0.29) is 24.0 Å². The van der Waals surface area contributed by atoms with Gasteiger partial charge in [-0.2, -0.15) is 0 Å². The highest BCUT2D eigenvalue weighted by atomic mass is 127. The molecule has 160 valence electrons. The summed E-state index contributed by atoms with van der Waals surface area (Å²) in [7, 11) is 0. The Morgan fingerprint density at radius 1 is 1.13 bits per heavy atom. The van der Waals surface area contributed by atoms with Gasteiger partial charge in [0.25, 0.3) is 0 Å². The molecule has 0 radical (unpaired) electrons. The summed E-state index contributed by atoms with van der Waals surface area (Å²) in [4.78, 5) is 9.18. The number of para-hydroxylation sites is 2. The molecule has 1 aromatic heterocycles. The zero-order valence-electron chi connectivity index (χ0n) is 17.4. The highest BCUT2D eigenvalue weighted by molar-refractivity contribution is 14.0. The fraction of sp³-hybridized carbons (Fsp3) is 0.391. The number of fused-ring (bicyclic) bond motifs is 1. The smallest absolute Gasteiger partial charge is 0.191 e. The van der Waals surface area contributed by atoms with Gasteiger partial charge in [0.2, 0.25) is 0 Å². The van der Waals surface area contributed by atoms with Crippen LogP contribution in [-0.2, 0) is 17.8 Å². The van der Waals surface area contributed by atoms with Crippen molar-refractivity contribution in [2.45, 2.75) is 39.0 Å². The lowest BCUT2D eigenvalue weighted by atomic mass is 10.1. The highest BCUT2D eigenvalue weighted by Crippen LogP contribution is 2.15. The normalized spacial score (nSPS) is 16.4. The average Bonchev–Trinajstić information content (AvgIpc) is 3.42. The van der Waals surface area contributed by atoms with Crippen LogP contribution in [0.25, 0.3) is 11.0 Å². The molecule has 1 atom stereocenters. The Bertz CT molecular complexity index is 948. The van der Waals surface area contributed by atoms with Crippen LogP contribution < -0.4 is 10.6 Å². The minimum Gasteiger partial charge on any atom is -0.376 e. The molecule has 6 nitrogen and oxygen atoms in total. The van der Waals surface area contributed by atoms with Crippen LogP contribution in [-0.4, -0.2) is 41.3 Å². The standard InChI is InChI=1S/C23H29N5O.HI/c1-2-24-23(26-15-20-6-5-13-29-20)25-14-18-9-11-19(12-10-18)16-28-17-27-21-7-3-4-8-22(21)28;/h3-4,7-12,17,20H,2,5-6,13-16H2,1H3,(H2,24,25,26);1H. The topological polar surface area (TPSA) is 63.5 Å². The van der Waals surface area contributed by atoms with Crippen LogP contribution in [0.2, 0.25) is 0 Å². The summed E-state index contributed by atoms with van der Waals surface area (Å²) >= 11 is 0. The van der Waals surface area contributed by atoms with Crippen LogP contribution in [0.1, 0.15) is 30.9 Å². The Morgan fingerprint density at radius 3 is 2.70 bits per heavy atom. The molecule has 0 spiro atoms. The largest absolute Gasteiger partial charge is 0.376 e. The summed E-state index contributed by atoms with van der Waals surface area (Å²) in [5.74, 6) is 0.844. The number of hydrogen-bond acceptors (Lipinski definition) is 3. The third-order valence-corrected chi connectivity index (χ3v) is 5.19. The number of nitrogens with zero attached hydrogens (tertiary/aromatic N) is 3. The van der Waals surface area contributed by atoms with Crippen molar-refractivity contribution < 1.29 is 4.74 Å². The molecular formula is C23H30IN5O. The number of aromatic nitrogens is 2. The maximum Gasteiger partial charge on any atom is 0.191 e. The van der Waals surface area contributed by atoms with E-state index in [4.69, 9.17) is 9.73 Å². The van der Waals surface area contributed by atoms with Gasteiger partial charge in [0.15, 0.2) is 5.96 Å². The molecule has 7 heteroatoms. The van der Waals surface area contributed by atoms with Crippen LogP contribution in [0.4, 0.5) is 0 Å². The molecule has 2 aromatic carbocycles. The second kappa shape index (κ2) is 11.3. The summed E-state index contributed by atoms with van der Waals surface area (Å²) in [5, 5.41) is 6.70. The van der Waals surface area contributed by atoms with Crippen molar-refractivity contribution >= 4 is 41.0 Å². The van der Waals surface area contributed by atoms with Crippen molar-refractivity contribution in [3.05, 3.63) is 66.0 Å². The number of guanidine groups is 1. The molecule has 1 aliphatic heterocycles. The number of nitrogens with one attached hydrogen (secondary N) is 2. The van der Waals surface area contributed by atoms with Crippen molar-refractivity contribution in [1.29, 1.82) is 0 Å². The predicted octanol–water partition coefficient (Wildman–Crippen LogP) is 3.94. The lowest BCUT2D eigenvalue weighted by molar-refractivity contribution is 0.114. The number of hydrogen-bond donors (Lipinski definition) is 2. The Morgan fingerprint density at radius 2 is 1.93 bits per heavy atom. The molecule has 1 fully saturated rings. The first kappa shape index (κ1) is 22.6. The van der Waals surface area contributed by atoms with Crippen molar-refractivity contribution in [2.75, 3.05) is 19.7 Å². The summed E-state index contributed by atoms with van der Waals surface area (Å²) in [6.07, 6.45) is 4.49. The van der Waals surface area contributed by atoms with Crippen LogP contribution >= 0.6 is 24.0 Å². The van der Waals surface area contributed by atoms with E-state index in [1.807, 2.05) is 18.5 Å². The predicted molar refractivity (Wildman–Crippen MR) is 132 cm³/mol. The third-order valence-electron chi connectivity index (χ3n) is 5.19. The number of rotatable bonds is 7. The lowest BCUT2D eigenvalue weighted by Crippen LogP contribution is -2.41. The summed E-state index contributed by atoms with van der Waals surface area (Å²) in [6.45, 7) is 6.07. The summed E-state index contributed by atoms with van der Waals surface area (Å²) < 4.78 is 7.86. The molecule has 3 aromatic rings. The van der Waals surface area contributed by atoms with Gasteiger partial charge in [-0.15, -0.1) is 24.0 Å². The van der Waals surface area contributed by atoms with Gasteiger partial charge in [-0.25, -0.2) is 9.98 Å². The van der Waals surface area contributed by atoms with E-state index in [2.05, 4.69) is 63.5 Å². The molecule has 2 N–H and O–H groups in total. The SMILES string of the molecule is CCNC(=NCc1ccc(Cn2cnc3ccccc32)cc1)NCC1CCCO1.I. The fourth-order valence-corrected chi connectivity index (χ4v) is 3.61. The van der Waals surface area contributed by atoms with Crippen LogP contribution in [0.15, 0.2) is 59.9 Å². The van der Waals surface area contributed by atoms with Crippen molar-refractivity contribution in [3.8, 4) is 0 Å². The summed E-state index contributed by atoms with van der Waals surface area (Å²) in [6, 6.07) is 16.9. The van der Waals surface area contributed by atoms with Gasteiger partial charge in [-0.1, -0.05) is 36.4 Å². The second-order valence-corrected chi connectivity index (χ2v) is 7.39. The fourth-order valence-electron chi connectivity index (χ4n) is 3.61. The van der Waals surface area contributed by atoms with Gasteiger partial charge >= 0.3 is 0 Å². The molecule has 1 saturated heterocycles. The monoisotopic (exact) mass is 519 g/mol. The van der Waals surface area contributed by atoms with Crippen LogP contribution in [0, 0.1) is 0 Å². The lowest BCUT2D eigenvalue weighted by Gasteiger charge is -2.14. The molecule has 0 amide bonds. The molecule has 4 rings (SSSR count). The van der Waals surface area contributed by atoms with Gasteiger partial charge in [-0.3, -0.25) is 0 Å². The minimum absolute atomic E-state index is 0. The maximum absolute atomic E-state index is 5.68. The molecule has 0 saturated carbocycles. The highest BCUT2D eigenvalue weighted by Gasteiger charge is 2.15. The van der Waals surface area contributed by atoms with Gasteiger partial charge in [0.1, 0.15) is 0 Å². The zero-order chi connectivity index (χ0) is 19.9. The van der Waals surface area contributed by atoms with E-state index in [1.54, 1.807) is 0 Å². The van der Waals surface area contributed by atoms with Crippen molar-refractivity contribution in [2.24, 2.45) is 4.99 Å². The van der Waals surface area contributed by atoms with E-state index in [9.17, 15) is 0 Å². The average molecular weight is 519 g/mol. The Balaban J connectivity index is 0.00000256. The van der Waals surface area contributed by atoms with Crippen molar-refractivity contribution in [3.63, 3.8) is 0 Å². The second-order valence-electron chi connectivity index (χ2n) is 7.39. The maximum atomic E-state index is 5.68. The van der Waals surface area contributed by atoms with E-state index >= 15 is 0 Å².